The molecule has 0 unspecified atom stereocenters. The summed E-state index contributed by atoms with van der Waals surface area (Å²) < 4.78 is 0. The van der Waals surface area contributed by atoms with Crippen molar-refractivity contribution in [1.82, 2.24) is 10.2 Å². The Morgan fingerprint density at radius 1 is 1.31 bits per heavy atom. The Kier molecular flexibility index (Phi) is 6.77. The van der Waals surface area contributed by atoms with E-state index >= 15 is 0 Å². The first-order chi connectivity index (χ1) is 7.13. The molecule has 0 radical (unpaired) electrons. The minimum atomic E-state index is 0. The maximum absolute atomic E-state index is 11.5. The van der Waals surface area contributed by atoms with Crippen molar-refractivity contribution in [1.29, 1.82) is 0 Å². The van der Waals surface area contributed by atoms with Crippen molar-refractivity contribution in [3.63, 3.8) is 0 Å². The van der Waals surface area contributed by atoms with Crippen LogP contribution in [0.5, 0.6) is 0 Å². The molecule has 1 N–H and O–H groups in total. The lowest BCUT2D eigenvalue weighted by atomic mass is 10.1. The van der Waals surface area contributed by atoms with Gasteiger partial charge in [0.1, 0.15) is 0 Å². The van der Waals surface area contributed by atoms with Crippen molar-refractivity contribution in [2.45, 2.75) is 13.5 Å². The zero-order chi connectivity index (χ0) is 11.3. The molecule has 1 aromatic carbocycles. The molecule has 1 rings (SSSR count). The molecular formula is C12H19ClN2O. The van der Waals surface area contributed by atoms with Crippen LogP contribution in [0.15, 0.2) is 24.3 Å². The first kappa shape index (κ1) is 14.9. The minimum Gasteiger partial charge on any atom is -0.340 e. The number of hydrogen-bond donors (Lipinski definition) is 1. The second kappa shape index (κ2) is 7.25. The smallest absolute Gasteiger partial charge is 0.236 e. The molecule has 0 aliphatic heterocycles. The standard InChI is InChI=1S/C12H18N2O.ClH/c1-10-4-6-11(7-5-10)9-14(3)12(15)8-13-2;/h4-7,13H,8-9H2,1-3H3;1H. The Morgan fingerprint density at radius 3 is 2.38 bits per heavy atom. The van der Waals surface area contributed by atoms with Gasteiger partial charge in [0.15, 0.2) is 0 Å². The van der Waals surface area contributed by atoms with E-state index in [1.54, 1.807) is 11.9 Å². The van der Waals surface area contributed by atoms with Crippen LogP contribution < -0.4 is 5.32 Å². The van der Waals surface area contributed by atoms with E-state index in [9.17, 15) is 4.79 Å². The number of carbonyl (C=O) groups excluding carboxylic acids is 1. The number of rotatable bonds is 4. The zero-order valence-electron chi connectivity index (χ0n) is 9.99. The number of hydrogen-bond acceptors (Lipinski definition) is 2. The van der Waals surface area contributed by atoms with E-state index < -0.39 is 0 Å². The van der Waals surface area contributed by atoms with Gasteiger partial charge in [-0.25, -0.2) is 0 Å². The van der Waals surface area contributed by atoms with Gasteiger partial charge in [0, 0.05) is 13.6 Å². The summed E-state index contributed by atoms with van der Waals surface area (Å²) in [5.41, 5.74) is 2.40. The van der Waals surface area contributed by atoms with Crippen LogP contribution in [0.2, 0.25) is 0 Å². The summed E-state index contributed by atoms with van der Waals surface area (Å²) in [5, 5.41) is 2.85. The molecule has 1 amide bonds. The third kappa shape index (κ3) is 4.64. The summed E-state index contributed by atoms with van der Waals surface area (Å²) in [6, 6.07) is 8.23. The molecule has 3 nitrogen and oxygen atoms in total. The molecule has 16 heavy (non-hydrogen) atoms. The van der Waals surface area contributed by atoms with Crippen molar-refractivity contribution in [3.8, 4) is 0 Å². The van der Waals surface area contributed by atoms with Crippen LogP contribution in [0, 0.1) is 6.92 Å². The van der Waals surface area contributed by atoms with Crippen molar-refractivity contribution >= 4 is 18.3 Å². The molecule has 0 atom stereocenters. The van der Waals surface area contributed by atoms with E-state index in [-0.39, 0.29) is 18.3 Å². The Morgan fingerprint density at radius 2 is 1.88 bits per heavy atom. The van der Waals surface area contributed by atoms with E-state index in [2.05, 4.69) is 36.5 Å². The molecule has 0 spiro atoms. The fraction of sp³-hybridized carbons (Fsp3) is 0.417. The molecule has 0 saturated heterocycles. The van der Waals surface area contributed by atoms with E-state index in [1.165, 1.54) is 5.56 Å². The summed E-state index contributed by atoms with van der Waals surface area (Å²) >= 11 is 0. The van der Waals surface area contributed by atoms with E-state index in [0.29, 0.717) is 13.1 Å². The van der Waals surface area contributed by atoms with Gasteiger partial charge in [-0.05, 0) is 19.5 Å². The first-order valence-corrected chi connectivity index (χ1v) is 5.07. The third-order valence-corrected chi connectivity index (χ3v) is 2.29. The lowest BCUT2D eigenvalue weighted by Crippen LogP contribution is -2.33. The molecule has 0 aliphatic carbocycles. The van der Waals surface area contributed by atoms with Crippen molar-refractivity contribution in [3.05, 3.63) is 35.4 Å². The fourth-order valence-corrected chi connectivity index (χ4v) is 1.34. The summed E-state index contributed by atoms with van der Waals surface area (Å²) in [6.45, 7) is 3.11. The molecule has 0 bridgehead atoms. The number of halogens is 1. The lowest BCUT2D eigenvalue weighted by Gasteiger charge is -2.17. The van der Waals surface area contributed by atoms with E-state index in [1.807, 2.05) is 7.05 Å². The second-order valence-corrected chi connectivity index (χ2v) is 3.77. The number of carbonyl (C=O) groups is 1. The number of benzene rings is 1. The average molecular weight is 243 g/mol. The second-order valence-electron chi connectivity index (χ2n) is 3.77. The van der Waals surface area contributed by atoms with Crippen LogP contribution >= 0.6 is 12.4 Å². The average Bonchev–Trinajstić information content (AvgIpc) is 2.22. The SMILES string of the molecule is CNCC(=O)N(C)Cc1ccc(C)cc1.Cl. The molecule has 0 fully saturated rings. The topological polar surface area (TPSA) is 32.3 Å². The molecule has 0 saturated carbocycles. The van der Waals surface area contributed by atoms with Gasteiger partial charge >= 0.3 is 0 Å². The molecular weight excluding hydrogens is 224 g/mol. The van der Waals surface area contributed by atoms with Gasteiger partial charge in [-0.2, -0.15) is 0 Å². The normalized spacial score (nSPS) is 9.44. The molecule has 0 aliphatic rings. The maximum Gasteiger partial charge on any atom is 0.236 e. The Labute approximate surface area is 103 Å². The van der Waals surface area contributed by atoms with Crippen LogP contribution in [-0.2, 0) is 11.3 Å². The summed E-state index contributed by atoms with van der Waals surface area (Å²) in [4.78, 5) is 13.2. The third-order valence-electron chi connectivity index (χ3n) is 2.29. The van der Waals surface area contributed by atoms with Crippen LogP contribution in [0.25, 0.3) is 0 Å². The fourth-order valence-electron chi connectivity index (χ4n) is 1.34. The zero-order valence-corrected chi connectivity index (χ0v) is 10.8. The van der Waals surface area contributed by atoms with Crippen molar-refractivity contribution in [2.24, 2.45) is 0 Å². The number of likely N-dealkylation sites (N-methyl/N-ethyl adjacent to an activating group) is 2. The molecule has 90 valence electrons. The number of nitrogens with one attached hydrogen (secondary N) is 1. The van der Waals surface area contributed by atoms with E-state index in [0.717, 1.165) is 5.56 Å². The van der Waals surface area contributed by atoms with Crippen LogP contribution in [0.4, 0.5) is 0 Å². The quantitative estimate of drug-likeness (QED) is 0.870. The van der Waals surface area contributed by atoms with Crippen LogP contribution in [0.3, 0.4) is 0 Å². The van der Waals surface area contributed by atoms with Gasteiger partial charge in [-0.3, -0.25) is 4.79 Å². The number of amides is 1. The molecule has 0 heterocycles. The highest BCUT2D eigenvalue weighted by Gasteiger charge is 2.07. The highest BCUT2D eigenvalue weighted by molar-refractivity contribution is 5.85. The van der Waals surface area contributed by atoms with Crippen LogP contribution in [-0.4, -0.2) is 31.4 Å². The number of aryl methyl sites for hydroxylation is 1. The monoisotopic (exact) mass is 242 g/mol. The predicted molar refractivity (Wildman–Crippen MR) is 68.8 cm³/mol. The van der Waals surface area contributed by atoms with E-state index in [4.69, 9.17) is 0 Å². The Bertz CT molecular complexity index is 324. The molecule has 0 aromatic heterocycles. The molecule has 1 aromatic rings. The maximum atomic E-state index is 11.5. The summed E-state index contributed by atoms with van der Waals surface area (Å²) in [5.74, 6) is 0.109. The molecule has 4 heteroatoms. The van der Waals surface area contributed by atoms with Gasteiger partial charge in [-0.1, -0.05) is 29.8 Å². The van der Waals surface area contributed by atoms with Gasteiger partial charge in [0.25, 0.3) is 0 Å². The summed E-state index contributed by atoms with van der Waals surface area (Å²) in [6.07, 6.45) is 0. The van der Waals surface area contributed by atoms with Crippen molar-refractivity contribution in [2.75, 3.05) is 20.6 Å². The highest BCUT2D eigenvalue weighted by Crippen LogP contribution is 2.05. The summed E-state index contributed by atoms with van der Waals surface area (Å²) in [7, 11) is 3.59. The minimum absolute atomic E-state index is 0. The lowest BCUT2D eigenvalue weighted by molar-refractivity contribution is -0.129. The first-order valence-electron chi connectivity index (χ1n) is 5.07. The van der Waals surface area contributed by atoms with Crippen molar-refractivity contribution < 1.29 is 4.79 Å². The Balaban J connectivity index is 0.00000225. The van der Waals surface area contributed by atoms with Crippen LogP contribution in [0.1, 0.15) is 11.1 Å². The van der Waals surface area contributed by atoms with Gasteiger partial charge in [0.2, 0.25) is 5.91 Å². The largest absolute Gasteiger partial charge is 0.340 e. The van der Waals surface area contributed by atoms with Gasteiger partial charge < -0.3 is 10.2 Å². The Hall–Kier alpha value is -1.06. The van der Waals surface area contributed by atoms with Gasteiger partial charge in [0.05, 0.1) is 6.54 Å². The van der Waals surface area contributed by atoms with Gasteiger partial charge in [-0.15, -0.1) is 12.4 Å². The number of nitrogens with zero attached hydrogens (tertiary/aromatic N) is 1. The highest BCUT2D eigenvalue weighted by atomic mass is 35.5. The predicted octanol–water partition coefficient (Wildman–Crippen LogP) is 1.59.